The first-order chi connectivity index (χ1) is 11.3. The SMILES string of the molecule is O=C(NCc1noc(C2CC2)n1)C(F)c1ccc(C(F)(F)F)cc1. The van der Waals surface area contributed by atoms with Crippen molar-refractivity contribution in [1.82, 2.24) is 15.5 Å². The summed E-state index contributed by atoms with van der Waals surface area (Å²) < 4.78 is 56.4. The predicted octanol–water partition coefficient (Wildman–Crippen LogP) is 3.29. The third-order valence-electron chi connectivity index (χ3n) is 3.59. The van der Waals surface area contributed by atoms with Crippen LogP contribution in [0, 0.1) is 0 Å². The Morgan fingerprint density at radius 1 is 1.29 bits per heavy atom. The predicted molar refractivity (Wildman–Crippen MR) is 73.4 cm³/mol. The maximum atomic E-state index is 14.0. The summed E-state index contributed by atoms with van der Waals surface area (Å²) >= 11 is 0. The lowest BCUT2D eigenvalue weighted by molar-refractivity contribution is -0.137. The first-order valence-electron chi connectivity index (χ1n) is 7.26. The van der Waals surface area contributed by atoms with Crippen LogP contribution in [-0.4, -0.2) is 16.0 Å². The van der Waals surface area contributed by atoms with Gasteiger partial charge >= 0.3 is 6.18 Å². The molecule has 1 aromatic carbocycles. The number of nitrogens with zero attached hydrogens (tertiary/aromatic N) is 2. The molecule has 24 heavy (non-hydrogen) atoms. The summed E-state index contributed by atoms with van der Waals surface area (Å²) in [6.07, 6.45) is -4.63. The van der Waals surface area contributed by atoms with Crippen LogP contribution in [0.5, 0.6) is 0 Å². The number of halogens is 4. The van der Waals surface area contributed by atoms with E-state index < -0.39 is 23.8 Å². The normalized spacial score (nSPS) is 16.0. The lowest BCUT2D eigenvalue weighted by atomic mass is 10.1. The van der Waals surface area contributed by atoms with Crippen LogP contribution in [0.15, 0.2) is 28.8 Å². The van der Waals surface area contributed by atoms with Gasteiger partial charge in [-0.25, -0.2) is 4.39 Å². The van der Waals surface area contributed by atoms with Gasteiger partial charge in [0.15, 0.2) is 5.82 Å². The van der Waals surface area contributed by atoms with Crippen molar-refractivity contribution in [1.29, 1.82) is 0 Å². The lowest BCUT2D eigenvalue weighted by Gasteiger charge is -2.10. The van der Waals surface area contributed by atoms with Gasteiger partial charge in [0.2, 0.25) is 12.1 Å². The van der Waals surface area contributed by atoms with E-state index in [4.69, 9.17) is 4.52 Å². The molecule has 2 aromatic rings. The number of rotatable bonds is 5. The molecule has 1 heterocycles. The van der Waals surface area contributed by atoms with Crippen molar-refractivity contribution in [2.45, 2.75) is 37.7 Å². The number of aromatic nitrogens is 2. The molecule has 1 fully saturated rings. The minimum Gasteiger partial charge on any atom is -0.346 e. The van der Waals surface area contributed by atoms with Crippen LogP contribution in [0.2, 0.25) is 0 Å². The van der Waals surface area contributed by atoms with E-state index in [1.54, 1.807) is 0 Å². The summed E-state index contributed by atoms with van der Waals surface area (Å²) in [6, 6.07) is 3.34. The van der Waals surface area contributed by atoms with Gasteiger partial charge < -0.3 is 9.84 Å². The number of amides is 1. The van der Waals surface area contributed by atoms with Crippen LogP contribution in [0.25, 0.3) is 0 Å². The van der Waals surface area contributed by atoms with E-state index in [0.29, 0.717) is 5.89 Å². The van der Waals surface area contributed by atoms with Crippen molar-refractivity contribution >= 4 is 5.91 Å². The number of benzene rings is 1. The lowest BCUT2D eigenvalue weighted by Crippen LogP contribution is -2.27. The molecule has 1 N–H and O–H groups in total. The molecule has 1 aliphatic carbocycles. The molecule has 5 nitrogen and oxygen atoms in total. The highest BCUT2D eigenvalue weighted by Gasteiger charge is 2.31. The summed E-state index contributed by atoms with van der Waals surface area (Å²) in [7, 11) is 0. The van der Waals surface area contributed by atoms with E-state index in [1.807, 2.05) is 0 Å². The smallest absolute Gasteiger partial charge is 0.346 e. The third-order valence-corrected chi connectivity index (χ3v) is 3.59. The van der Waals surface area contributed by atoms with Crippen LogP contribution in [-0.2, 0) is 17.5 Å². The third kappa shape index (κ3) is 3.72. The van der Waals surface area contributed by atoms with Gasteiger partial charge in [0, 0.05) is 5.92 Å². The molecule has 1 aromatic heterocycles. The highest BCUT2D eigenvalue weighted by molar-refractivity contribution is 5.81. The second-order valence-corrected chi connectivity index (χ2v) is 5.52. The average molecular weight is 343 g/mol. The van der Waals surface area contributed by atoms with Gasteiger partial charge in [0.25, 0.3) is 5.91 Å². The Hall–Kier alpha value is -2.45. The van der Waals surface area contributed by atoms with Gasteiger partial charge in [-0.05, 0) is 30.5 Å². The molecule has 0 aliphatic heterocycles. The Labute approximate surface area is 134 Å². The average Bonchev–Trinajstić information content (AvgIpc) is 3.30. The van der Waals surface area contributed by atoms with E-state index in [1.165, 1.54) is 0 Å². The maximum Gasteiger partial charge on any atom is 0.416 e. The van der Waals surface area contributed by atoms with E-state index in [9.17, 15) is 22.4 Å². The van der Waals surface area contributed by atoms with Gasteiger partial charge in [-0.2, -0.15) is 18.2 Å². The molecule has 1 amide bonds. The molecular formula is C15H13F4N3O2. The molecule has 1 atom stereocenters. The van der Waals surface area contributed by atoms with Crippen molar-refractivity contribution < 1.29 is 26.9 Å². The minimum absolute atomic E-state index is 0.115. The fraction of sp³-hybridized carbons (Fsp3) is 0.400. The highest BCUT2D eigenvalue weighted by Crippen LogP contribution is 2.38. The van der Waals surface area contributed by atoms with E-state index in [2.05, 4.69) is 15.5 Å². The fourth-order valence-electron chi connectivity index (χ4n) is 2.08. The van der Waals surface area contributed by atoms with Gasteiger partial charge in [-0.1, -0.05) is 17.3 Å². The summed E-state index contributed by atoms with van der Waals surface area (Å²) in [5.74, 6) is 0.0132. The molecule has 9 heteroatoms. The highest BCUT2D eigenvalue weighted by atomic mass is 19.4. The summed E-state index contributed by atoms with van der Waals surface area (Å²) in [5.41, 5.74) is -1.06. The molecule has 0 bridgehead atoms. The zero-order valence-corrected chi connectivity index (χ0v) is 12.3. The fourth-order valence-corrected chi connectivity index (χ4v) is 2.08. The Kier molecular flexibility index (Phi) is 4.25. The number of carbonyl (C=O) groups excluding carboxylic acids is 1. The topological polar surface area (TPSA) is 68.0 Å². The van der Waals surface area contributed by atoms with Crippen LogP contribution in [0.1, 0.15) is 47.8 Å². The Balaban J connectivity index is 1.57. The van der Waals surface area contributed by atoms with E-state index in [-0.39, 0.29) is 23.9 Å². The Morgan fingerprint density at radius 2 is 1.96 bits per heavy atom. The van der Waals surface area contributed by atoms with Crippen LogP contribution in [0.3, 0.4) is 0 Å². The van der Waals surface area contributed by atoms with Gasteiger partial charge in [0.05, 0.1) is 12.1 Å². The van der Waals surface area contributed by atoms with Crippen LogP contribution in [0.4, 0.5) is 17.6 Å². The van der Waals surface area contributed by atoms with Gasteiger partial charge in [-0.15, -0.1) is 0 Å². The quantitative estimate of drug-likeness (QED) is 0.846. The number of nitrogens with one attached hydrogen (secondary N) is 1. The molecule has 3 rings (SSSR count). The van der Waals surface area contributed by atoms with E-state index in [0.717, 1.165) is 37.1 Å². The maximum absolute atomic E-state index is 14.0. The second kappa shape index (κ2) is 6.21. The number of hydrogen-bond donors (Lipinski definition) is 1. The molecule has 0 radical (unpaired) electrons. The first-order valence-corrected chi connectivity index (χ1v) is 7.26. The second-order valence-electron chi connectivity index (χ2n) is 5.52. The largest absolute Gasteiger partial charge is 0.416 e. The first kappa shape index (κ1) is 16.4. The standard InChI is InChI=1S/C15H13F4N3O2/c16-12(8-3-5-10(6-4-8)15(17,18)19)13(23)20-7-11-21-14(24-22-11)9-1-2-9/h3-6,9,12H,1-2,7H2,(H,20,23). The van der Waals surface area contributed by atoms with E-state index >= 15 is 0 Å². The van der Waals surface area contributed by atoms with Crippen molar-refractivity contribution in [3.63, 3.8) is 0 Å². The van der Waals surface area contributed by atoms with Crippen molar-refractivity contribution in [2.24, 2.45) is 0 Å². The molecule has 0 spiro atoms. The molecule has 0 saturated heterocycles. The summed E-state index contributed by atoms with van der Waals surface area (Å²) in [6.45, 7) is -0.115. The van der Waals surface area contributed by atoms with Gasteiger partial charge in [-0.3, -0.25) is 4.79 Å². The number of alkyl halides is 4. The zero-order valence-electron chi connectivity index (χ0n) is 12.3. The monoisotopic (exact) mass is 343 g/mol. The van der Waals surface area contributed by atoms with Crippen molar-refractivity contribution in [3.8, 4) is 0 Å². The van der Waals surface area contributed by atoms with Gasteiger partial charge in [0.1, 0.15) is 0 Å². The molecule has 1 saturated carbocycles. The molecule has 1 aliphatic rings. The zero-order chi connectivity index (χ0) is 17.3. The van der Waals surface area contributed by atoms with Crippen molar-refractivity contribution in [3.05, 3.63) is 47.1 Å². The number of hydrogen-bond acceptors (Lipinski definition) is 4. The molecule has 128 valence electrons. The van der Waals surface area contributed by atoms with Crippen molar-refractivity contribution in [2.75, 3.05) is 0 Å². The minimum atomic E-state index is -4.51. The molecule has 1 unspecified atom stereocenters. The van der Waals surface area contributed by atoms with Crippen LogP contribution >= 0.6 is 0 Å². The molecular weight excluding hydrogens is 330 g/mol. The Bertz CT molecular complexity index is 723. The summed E-state index contributed by atoms with van der Waals surface area (Å²) in [5, 5.41) is 5.97. The van der Waals surface area contributed by atoms with Crippen LogP contribution < -0.4 is 5.32 Å². The Morgan fingerprint density at radius 3 is 2.54 bits per heavy atom. The number of carbonyl (C=O) groups is 1. The summed E-state index contributed by atoms with van der Waals surface area (Å²) in [4.78, 5) is 15.8.